The number of rotatable bonds is 4. The van der Waals surface area contributed by atoms with Crippen molar-refractivity contribution in [1.29, 1.82) is 0 Å². The molecule has 22 heavy (non-hydrogen) atoms. The molecular weight excluding hydrogens is 281 g/mol. The van der Waals surface area contributed by atoms with Crippen LogP contribution in [-0.4, -0.2) is 23.0 Å². The standard InChI is InChI=1S/C17H24FN3O/c1-10(21-16(22)15(19)17(2,3)4)7-11-9-20-14-6-5-12(18)8-13(11)14/h5-6,8-10,15,20H,7,19H2,1-4H3,(H,21,22)/t10?,15-/m1/s1. The molecule has 0 aliphatic heterocycles. The number of nitrogens with two attached hydrogens (primary N) is 1. The minimum Gasteiger partial charge on any atom is -0.361 e. The highest BCUT2D eigenvalue weighted by Gasteiger charge is 2.28. The number of aromatic nitrogens is 1. The van der Waals surface area contributed by atoms with Gasteiger partial charge in [0.05, 0.1) is 6.04 Å². The zero-order valence-electron chi connectivity index (χ0n) is 13.5. The average molecular weight is 305 g/mol. The lowest BCUT2D eigenvalue weighted by Gasteiger charge is -2.27. The summed E-state index contributed by atoms with van der Waals surface area (Å²) in [6.07, 6.45) is 2.47. The first kappa shape index (κ1) is 16.5. The van der Waals surface area contributed by atoms with Crippen LogP contribution in [0.15, 0.2) is 24.4 Å². The van der Waals surface area contributed by atoms with Crippen LogP contribution in [0.3, 0.4) is 0 Å². The van der Waals surface area contributed by atoms with E-state index in [0.717, 1.165) is 16.5 Å². The van der Waals surface area contributed by atoms with Crippen molar-refractivity contribution < 1.29 is 9.18 Å². The summed E-state index contributed by atoms with van der Waals surface area (Å²) in [6, 6.07) is 4.01. The Morgan fingerprint density at radius 1 is 1.41 bits per heavy atom. The van der Waals surface area contributed by atoms with Gasteiger partial charge in [-0.3, -0.25) is 4.79 Å². The maximum Gasteiger partial charge on any atom is 0.237 e. The van der Waals surface area contributed by atoms with Crippen LogP contribution in [0.5, 0.6) is 0 Å². The molecule has 1 aromatic carbocycles. The molecule has 4 nitrogen and oxygen atoms in total. The van der Waals surface area contributed by atoms with E-state index in [0.29, 0.717) is 6.42 Å². The summed E-state index contributed by atoms with van der Waals surface area (Å²) in [5, 5.41) is 3.78. The molecule has 1 amide bonds. The van der Waals surface area contributed by atoms with Gasteiger partial charge in [-0.2, -0.15) is 0 Å². The number of carbonyl (C=O) groups excluding carboxylic acids is 1. The highest BCUT2D eigenvalue weighted by atomic mass is 19.1. The Labute approximate surface area is 130 Å². The minimum absolute atomic E-state index is 0.0804. The third kappa shape index (κ3) is 3.65. The normalized spacial score (nSPS) is 14.8. The number of carbonyl (C=O) groups is 1. The van der Waals surface area contributed by atoms with Crippen molar-refractivity contribution in [3.63, 3.8) is 0 Å². The molecule has 0 spiro atoms. The van der Waals surface area contributed by atoms with E-state index in [-0.39, 0.29) is 23.2 Å². The molecule has 0 aliphatic rings. The maximum absolute atomic E-state index is 13.4. The molecule has 2 rings (SSSR count). The van der Waals surface area contributed by atoms with E-state index in [1.165, 1.54) is 12.1 Å². The lowest BCUT2D eigenvalue weighted by atomic mass is 9.87. The second kappa shape index (κ2) is 6.08. The average Bonchev–Trinajstić information content (AvgIpc) is 2.79. The van der Waals surface area contributed by atoms with Crippen molar-refractivity contribution in [3.8, 4) is 0 Å². The predicted octanol–water partition coefficient (Wildman–Crippen LogP) is 2.73. The fourth-order valence-corrected chi connectivity index (χ4v) is 2.43. The Balaban J connectivity index is 2.06. The van der Waals surface area contributed by atoms with E-state index < -0.39 is 6.04 Å². The number of halogens is 1. The van der Waals surface area contributed by atoms with E-state index in [1.807, 2.05) is 33.9 Å². The minimum atomic E-state index is -0.560. The maximum atomic E-state index is 13.4. The summed E-state index contributed by atoms with van der Waals surface area (Å²) in [7, 11) is 0. The Morgan fingerprint density at radius 2 is 2.09 bits per heavy atom. The highest BCUT2D eigenvalue weighted by Crippen LogP contribution is 2.21. The molecule has 1 heterocycles. The van der Waals surface area contributed by atoms with Crippen LogP contribution in [0.4, 0.5) is 4.39 Å². The van der Waals surface area contributed by atoms with E-state index in [9.17, 15) is 9.18 Å². The Hall–Kier alpha value is -1.88. The molecule has 1 unspecified atom stereocenters. The number of aromatic amines is 1. The lowest BCUT2D eigenvalue weighted by Crippen LogP contribution is -2.51. The number of nitrogens with one attached hydrogen (secondary N) is 2. The van der Waals surface area contributed by atoms with Crippen LogP contribution in [0.25, 0.3) is 10.9 Å². The van der Waals surface area contributed by atoms with Gasteiger partial charge in [0.25, 0.3) is 0 Å². The van der Waals surface area contributed by atoms with Crippen LogP contribution in [0.2, 0.25) is 0 Å². The van der Waals surface area contributed by atoms with Gasteiger partial charge in [0.1, 0.15) is 5.82 Å². The Kier molecular flexibility index (Phi) is 4.56. The van der Waals surface area contributed by atoms with Gasteiger partial charge in [-0.15, -0.1) is 0 Å². The number of hydrogen-bond donors (Lipinski definition) is 3. The van der Waals surface area contributed by atoms with Gasteiger partial charge >= 0.3 is 0 Å². The zero-order chi connectivity index (χ0) is 16.5. The topological polar surface area (TPSA) is 70.9 Å². The second-order valence-corrected chi connectivity index (χ2v) is 6.96. The predicted molar refractivity (Wildman–Crippen MR) is 87.0 cm³/mol. The van der Waals surface area contributed by atoms with Gasteiger partial charge in [-0.25, -0.2) is 4.39 Å². The Bertz CT molecular complexity index is 672. The van der Waals surface area contributed by atoms with Crippen LogP contribution in [0, 0.1) is 11.2 Å². The molecule has 0 aliphatic carbocycles. The van der Waals surface area contributed by atoms with Crippen LogP contribution < -0.4 is 11.1 Å². The SMILES string of the molecule is CC(Cc1c[nH]c2ccc(F)cc12)NC(=O)[C@@H](N)C(C)(C)C. The molecule has 4 N–H and O–H groups in total. The first-order chi connectivity index (χ1) is 10.2. The number of fused-ring (bicyclic) bond motifs is 1. The molecule has 0 saturated heterocycles. The lowest BCUT2D eigenvalue weighted by molar-refractivity contribution is -0.125. The first-order valence-corrected chi connectivity index (χ1v) is 7.50. The smallest absolute Gasteiger partial charge is 0.237 e. The van der Waals surface area contributed by atoms with E-state index in [2.05, 4.69) is 10.3 Å². The number of benzene rings is 1. The molecule has 2 atom stereocenters. The van der Waals surface area contributed by atoms with E-state index >= 15 is 0 Å². The van der Waals surface area contributed by atoms with E-state index in [4.69, 9.17) is 5.73 Å². The number of hydrogen-bond acceptors (Lipinski definition) is 2. The third-order valence-electron chi connectivity index (χ3n) is 3.86. The summed E-state index contributed by atoms with van der Waals surface area (Å²) in [5.74, 6) is -0.425. The summed E-state index contributed by atoms with van der Waals surface area (Å²) in [6.45, 7) is 7.73. The van der Waals surface area contributed by atoms with Gasteiger partial charge in [-0.05, 0) is 42.5 Å². The molecule has 5 heteroatoms. The van der Waals surface area contributed by atoms with Gasteiger partial charge in [0.15, 0.2) is 0 Å². The van der Waals surface area contributed by atoms with Crippen molar-refractivity contribution >= 4 is 16.8 Å². The summed E-state index contributed by atoms with van der Waals surface area (Å²) in [5.41, 5.74) is 7.54. The zero-order valence-corrected chi connectivity index (χ0v) is 13.5. The third-order valence-corrected chi connectivity index (χ3v) is 3.86. The van der Waals surface area contributed by atoms with Gasteiger partial charge in [0.2, 0.25) is 5.91 Å². The van der Waals surface area contributed by atoms with Crippen molar-refractivity contribution in [2.24, 2.45) is 11.1 Å². The summed E-state index contributed by atoms with van der Waals surface area (Å²) < 4.78 is 13.4. The quantitative estimate of drug-likeness (QED) is 0.813. The van der Waals surface area contributed by atoms with Crippen LogP contribution >= 0.6 is 0 Å². The number of H-pyrrole nitrogens is 1. The second-order valence-electron chi connectivity index (χ2n) is 6.96. The molecule has 0 saturated carbocycles. The van der Waals surface area contributed by atoms with Crippen molar-refractivity contribution in [1.82, 2.24) is 10.3 Å². The van der Waals surface area contributed by atoms with E-state index in [1.54, 1.807) is 6.07 Å². The monoisotopic (exact) mass is 305 g/mol. The Morgan fingerprint density at radius 3 is 2.73 bits per heavy atom. The van der Waals surface area contributed by atoms with Crippen LogP contribution in [-0.2, 0) is 11.2 Å². The molecular formula is C17H24FN3O. The van der Waals surface area contributed by atoms with Crippen LogP contribution in [0.1, 0.15) is 33.3 Å². The molecule has 0 fully saturated rings. The first-order valence-electron chi connectivity index (χ1n) is 7.50. The fourth-order valence-electron chi connectivity index (χ4n) is 2.43. The van der Waals surface area contributed by atoms with Crippen molar-refractivity contribution in [3.05, 3.63) is 35.8 Å². The van der Waals surface area contributed by atoms with Crippen molar-refractivity contribution in [2.75, 3.05) is 0 Å². The molecule has 0 radical (unpaired) electrons. The molecule has 1 aromatic heterocycles. The van der Waals surface area contributed by atoms with Gasteiger partial charge in [0, 0.05) is 23.1 Å². The largest absolute Gasteiger partial charge is 0.361 e. The summed E-state index contributed by atoms with van der Waals surface area (Å²) >= 11 is 0. The fraction of sp³-hybridized carbons (Fsp3) is 0.471. The number of amides is 1. The van der Waals surface area contributed by atoms with Crippen molar-refractivity contribution in [2.45, 2.75) is 46.2 Å². The van der Waals surface area contributed by atoms with Gasteiger partial charge in [-0.1, -0.05) is 20.8 Å². The highest BCUT2D eigenvalue weighted by molar-refractivity contribution is 5.84. The van der Waals surface area contributed by atoms with Gasteiger partial charge < -0.3 is 16.0 Å². The molecule has 0 bridgehead atoms. The summed E-state index contributed by atoms with van der Waals surface area (Å²) in [4.78, 5) is 15.3. The molecule has 2 aromatic rings. The molecule has 120 valence electrons.